The van der Waals surface area contributed by atoms with Crippen LogP contribution in [0.5, 0.6) is 0 Å². The van der Waals surface area contributed by atoms with Gasteiger partial charge in [-0.15, -0.1) is 0 Å². The molecule has 1 aromatic carbocycles. The van der Waals surface area contributed by atoms with Crippen molar-refractivity contribution in [3.63, 3.8) is 0 Å². The normalized spacial score (nSPS) is 15.8. The van der Waals surface area contributed by atoms with Gasteiger partial charge in [-0.05, 0) is 17.7 Å². The van der Waals surface area contributed by atoms with Gasteiger partial charge in [0.1, 0.15) is 11.0 Å². The van der Waals surface area contributed by atoms with Crippen molar-refractivity contribution in [2.24, 2.45) is 0 Å². The zero-order valence-electron chi connectivity index (χ0n) is 10.3. The van der Waals surface area contributed by atoms with E-state index in [2.05, 4.69) is 41.8 Å². The number of imidazole rings is 1. The molecule has 5 nitrogen and oxygen atoms in total. The first kappa shape index (κ1) is 11.1. The first-order valence-corrected chi connectivity index (χ1v) is 7.06. The van der Waals surface area contributed by atoms with E-state index in [0.29, 0.717) is 0 Å². The Balaban J connectivity index is 1.55. The van der Waals surface area contributed by atoms with Gasteiger partial charge in [-0.3, -0.25) is 4.90 Å². The van der Waals surface area contributed by atoms with E-state index in [1.807, 2.05) is 0 Å². The van der Waals surface area contributed by atoms with Crippen LogP contribution in [0.2, 0.25) is 0 Å². The molecular formula is C13H13N5S. The molecule has 0 fully saturated rings. The summed E-state index contributed by atoms with van der Waals surface area (Å²) >= 11 is 1.27. The molecule has 19 heavy (non-hydrogen) atoms. The lowest BCUT2D eigenvalue weighted by Gasteiger charge is -2.25. The van der Waals surface area contributed by atoms with Gasteiger partial charge in [0.05, 0.1) is 29.4 Å². The minimum atomic E-state index is 0.947. The Hall–Kier alpha value is -1.79. The third-order valence-electron chi connectivity index (χ3n) is 3.58. The predicted octanol–water partition coefficient (Wildman–Crippen LogP) is 1.97. The third kappa shape index (κ3) is 2.02. The van der Waals surface area contributed by atoms with Gasteiger partial charge in [0.25, 0.3) is 0 Å². The highest BCUT2D eigenvalue weighted by molar-refractivity contribution is 7.00. The molecule has 1 aliphatic rings. The molecule has 0 saturated carbocycles. The zero-order valence-corrected chi connectivity index (χ0v) is 11.2. The molecule has 0 spiro atoms. The van der Waals surface area contributed by atoms with Crippen LogP contribution in [0, 0.1) is 0 Å². The Morgan fingerprint density at radius 2 is 2.21 bits per heavy atom. The topological polar surface area (TPSA) is 57.7 Å². The molecule has 1 aliphatic heterocycles. The Labute approximate surface area is 114 Å². The molecule has 0 bridgehead atoms. The maximum atomic E-state index is 4.33. The van der Waals surface area contributed by atoms with Crippen LogP contribution in [0.25, 0.3) is 11.0 Å². The van der Waals surface area contributed by atoms with Gasteiger partial charge in [0.15, 0.2) is 0 Å². The van der Waals surface area contributed by atoms with E-state index in [1.54, 1.807) is 6.33 Å². The van der Waals surface area contributed by atoms with E-state index < -0.39 is 0 Å². The number of aromatic nitrogens is 4. The van der Waals surface area contributed by atoms with Crippen molar-refractivity contribution in [3.05, 3.63) is 41.5 Å². The second-order valence-electron chi connectivity index (χ2n) is 4.88. The van der Waals surface area contributed by atoms with Crippen LogP contribution in [0.4, 0.5) is 0 Å². The number of benzene rings is 1. The second-order valence-corrected chi connectivity index (χ2v) is 5.40. The van der Waals surface area contributed by atoms with E-state index in [9.17, 15) is 0 Å². The van der Waals surface area contributed by atoms with E-state index in [-0.39, 0.29) is 0 Å². The lowest BCUT2D eigenvalue weighted by atomic mass is 10.1. The fraction of sp³-hybridized carbons (Fsp3) is 0.308. The Bertz CT molecular complexity index is 716. The van der Waals surface area contributed by atoms with Crippen molar-refractivity contribution in [3.8, 4) is 0 Å². The molecular weight excluding hydrogens is 258 g/mol. The minimum absolute atomic E-state index is 0.947. The SMILES string of the molecule is c1nc2c([nH]1)CN(Cc1ccc3nsnc3c1)CC2. The van der Waals surface area contributed by atoms with Crippen molar-refractivity contribution in [2.45, 2.75) is 19.5 Å². The summed E-state index contributed by atoms with van der Waals surface area (Å²) in [5, 5.41) is 0. The second kappa shape index (κ2) is 4.40. The number of hydrogen-bond acceptors (Lipinski definition) is 5. The van der Waals surface area contributed by atoms with Gasteiger partial charge in [-0.25, -0.2) is 4.98 Å². The molecule has 0 unspecified atom stereocenters. The molecule has 3 aromatic rings. The Morgan fingerprint density at radius 1 is 1.26 bits per heavy atom. The molecule has 2 aromatic heterocycles. The average molecular weight is 271 g/mol. The van der Waals surface area contributed by atoms with Crippen molar-refractivity contribution < 1.29 is 0 Å². The summed E-state index contributed by atoms with van der Waals surface area (Å²) in [5.41, 5.74) is 5.76. The monoisotopic (exact) mass is 271 g/mol. The van der Waals surface area contributed by atoms with Crippen molar-refractivity contribution in [2.75, 3.05) is 6.54 Å². The molecule has 0 atom stereocenters. The van der Waals surface area contributed by atoms with Crippen molar-refractivity contribution in [1.29, 1.82) is 0 Å². The summed E-state index contributed by atoms with van der Waals surface area (Å²) in [6.45, 7) is 2.96. The molecule has 96 valence electrons. The highest BCUT2D eigenvalue weighted by Crippen LogP contribution is 2.19. The fourth-order valence-electron chi connectivity index (χ4n) is 2.59. The van der Waals surface area contributed by atoms with Crippen molar-refractivity contribution >= 4 is 22.8 Å². The van der Waals surface area contributed by atoms with Crippen LogP contribution in [0.1, 0.15) is 17.0 Å². The van der Waals surface area contributed by atoms with Gasteiger partial charge in [-0.1, -0.05) is 6.07 Å². The maximum absolute atomic E-state index is 4.33. The van der Waals surface area contributed by atoms with Crippen LogP contribution in [-0.4, -0.2) is 30.2 Å². The van der Waals surface area contributed by atoms with E-state index in [1.165, 1.54) is 28.7 Å². The number of nitrogens with one attached hydrogen (secondary N) is 1. The fourth-order valence-corrected chi connectivity index (χ4v) is 3.10. The lowest BCUT2D eigenvalue weighted by molar-refractivity contribution is 0.241. The summed E-state index contributed by atoms with van der Waals surface area (Å²) < 4.78 is 8.53. The number of fused-ring (bicyclic) bond motifs is 2. The van der Waals surface area contributed by atoms with E-state index in [4.69, 9.17) is 0 Å². The molecule has 0 aliphatic carbocycles. The lowest BCUT2D eigenvalue weighted by Crippen LogP contribution is -2.30. The number of H-pyrrole nitrogens is 1. The summed E-state index contributed by atoms with van der Waals surface area (Å²) in [6, 6.07) is 6.34. The van der Waals surface area contributed by atoms with Crippen LogP contribution < -0.4 is 0 Å². The standard InChI is InChI=1S/C13H13N5S/c1-2-11-12(17-19-16-11)5-9(1)6-18-4-3-10-13(7-18)15-8-14-10/h1-2,5,8H,3-4,6-7H2,(H,14,15). The first-order chi connectivity index (χ1) is 9.38. The van der Waals surface area contributed by atoms with E-state index in [0.717, 1.165) is 37.1 Å². The molecule has 3 heterocycles. The molecule has 4 rings (SSSR count). The van der Waals surface area contributed by atoms with Crippen molar-refractivity contribution in [1.82, 2.24) is 23.6 Å². The molecule has 0 amide bonds. The van der Waals surface area contributed by atoms with Gasteiger partial charge < -0.3 is 4.98 Å². The Morgan fingerprint density at radius 3 is 3.21 bits per heavy atom. The molecule has 0 radical (unpaired) electrons. The summed E-state index contributed by atoms with van der Waals surface area (Å²) in [7, 11) is 0. The quantitative estimate of drug-likeness (QED) is 0.774. The van der Waals surface area contributed by atoms with Crippen LogP contribution in [0.3, 0.4) is 0 Å². The number of hydrogen-bond donors (Lipinski definition) is 1. The number of aromatic amines is 1. The predicted molar refractivity (Wildman–Crippen MR) is 73.8 cm³/mol. The molecule has 1 N–H and O–H groups in total. The highest BCUT2D eigenvalue weighted by Gasteiger charge is 2.18. The smallest absolute Gasteiger partial charge is 0.105 e. The largest absolute Gasteiger partial charge is 0.347 e. The highest BCUT2D eigenvalue weighted by atomic mass is 32.1. The van der Waals surface area contributed by atoms with Gasteiger partial charge in [0.2, 0.25) is 0 Å². The summed E-state index contributed by atoms with van der Waals surface area (Å²) in [5.74, 6) is 0. The van der Waals surface area contributed by atoms with Crippen LogP contribution >= 0.6 is 11.7 Å². The number of rotatable bonds is 2. The summed E-state index contributed by atoms with van der Waals surface area (Å²) in [6.07, 6.45) is 2.82. The van der Waals surface area contributed by atoms with Crippen LogP contribution in [0.15, 0.2) is 24.5 Å². The zero-order chi connectivity index (χ0) is 12.7. The minimum Gasteiger partial charge on any atom is -0.347 e. The van der Waals surface area contributed by atoms with Gasteiger partial charge in [-0.2, -0.15) is 8.75 Å². The number of nitrogens with zero attached hydrogens (tertiary/aromatic N) is 4. The van der Waals surface area contributed by atoms with Gasteiger partial charge in [0, 0.05) is 26.1 Å². The summed E-state index contributed by atoms with van der Waals surface area (Å²) in [4.78, 5) is 9.99. The molecule has 0 saturated heterocycles. The molecule has 6 heteroatoms. The third-order valence-corrected chi connectivity index (χ3v) is 4.14. The van der Waals surface area contributed by atoms with Crippen LogP contribution in [-0.2, 0) is 19.5 Å². The van der Waals surface area contributed by atoms with E-state index >= 15 is 0 Å². The Kier molecular flexibility index (Phi) is 2.56. The average Bonchev–Trinajstić information content (AvgIpc) is 3.05. The first-order valence-electron chi connectivity index (χ1n) is 6.33. The maximum Gasteiger partial charge on any atom is 0.105 e. The van der Waals surface area contributed by atoms with Gasteiger partial charge >= 0.3 is 0 Å².